The Morgan fingerprint density at radius 1 is 1.29 bits per heavy atom. The molecule has 1 atom stereocenters. The molecule has 1 aliphatic heterocycles. The van der Waals surface area contributed by atoms with Gasteiger partial charge in [0.2, 0.25) is 0 Å². The lowest BCUT2D eigenvalue weighted by molar-refractivity contribution is -0.176. The molecule has 1 unspecified atom stereocenters. The van der Waals surface area contributed by atoms with Crippen LogP contribution in [0.3, 0.4) is 0 Å². The zero-order valence-corrected chi connectivity index (χ0v) is 17.9. The average molecular weight is 438 g/mol. The summed E-state index contributed by atoms with van der Waals surface area (Å²) in [4.78, 5) is 9.19. The summed E-state index contributed by atoms with van der Waals surface area (Å²) in [6.45, 7) is 4.57. The summed E-state index contributed by atoms with van der Waals surface area (Å²) in [5, 5.41) is 11.3. The molecule has 1 aromatic carbocycles. The molecule has 2 aromatic rings. The van der Waals surface area contributed by atoms with Crippen LogP contribution in [0.2, 0.25) is 0 Å². The minimum atomic E-state index is -4.32. The van der Waals surface area contributed by atoms with E-state index >= 15 is 0 Å². The van der Waals surface area contributed by atoms with Crippen molar-refractivity contribution in [2.24, 2.45) is 4.99 Å². The van der Waals surface area contributed by atoms with E-state index < -0.39 is 12.8 Å². The van der Waals surface area contributed by atoms with Gasteiger partial charge in [-0.15, -0.1) is 0 Å². The number of guanidine groups is 1. The van der Waals surface area contributed by atoms with Crippen LogP contribution in [0.4, 0.5) is 13.2 Å². The summed E-state index contributed by atoms with van der Waals surface area (Å²) in [6.07, 6.45) is -1.69. The highest BCUT2D eigenvalue weighted by molar-refractivity contribution is 5.80. The molecule has 0 spiro atoms. The van der Waals surface area contributed by atoms with E-state index in [1.165, 1.54) is 0 Å². The van der Waals surface area contributed by atoms with Crippen molar-refractivity contribution in [2.45, 2.75) is 65.0 Å². The number of aryl methyl sites for hydroxylation is 2. The zero-order valence-electron chi connectivity index (χ0n) is 17.9. The maximum absolute atomic E-state index is 12.2. The Morgan fingerprint density at radius 3 is 2.84 bits per heavy atom. The number of fused-ring (bicyclic) bond motifs is 1. The summed E-state index contributed by atoms with van der Waals surface area (Å²) in [6, 6.07) is 7.46. The summed E-state index contributed by atoms with van der Waals surface area (Å²) in [5.74, 6) is 2.60. The van der Waals surface area contributed by atoms with Crippen molar-refractivity contribution in [3.8, 4) is 0 Å². The predicted octanol–water partition coefficient (Wildman–Crippen LogP) is 2.99. The fraction of sp³-hybridized carbons (Fsp3) is 0.571. The number of alkyl halides is 3. The maximum Gasteiger partial charge on any atom is 0.411 e. The lowest BCUT2D eigenvalue weighted by Gasteiger charge is -2.25. The predicted molar refractivity (Wildman–Crippen MR) is 112 cm³/mol. The standard InChI is InChI=1S/C21H29F3N6O/c1-3-18-28-19-9-8-17(12-30(19)29-18)27-20(25-4-2)26-11-15-6-5-7-16(10-15)13-31-14-21(22,23)24/h5-7,10,17H,3-4,8-9,11-14H2,1-2H3,(H2,25,26,27). The first-order chi connectivity index (χ1) is 14.9. The van der Waals surface area contributed by atoms with Gasteiger partial charge in [0.05, 0.1) is 19.7 Å². The largest absolute Gasteiger partial charge is 0.411 e. The molecule has 170 valence electrons. The summed E-state index contributed by atoms with van der Waals surface area (Å²) in [5.41, 5.74) is 1.59. The van der Waals surface area contributed by atoms with Crippen LogP contribution in [-0.2, 0) is 37.3 Å². The molecule has 1 aliphatic rings. The van der Waals surface area contributed by atoms with Gasteiger partial charge >= 0.3 is 6.18 Å². The number of nitrogens with one attached hydrogen (secondary N) is 2. The molecule has 7 nitrogen and oxygen atoms in total. The first kappa shape index (κ1) is 23.1. The van der Waals surface area contributed by atoms with E-state index in [1.54, 1.807) is 12.1 Å². The number of rotatable bonds is 8. The Morgan fingerprint density at radius 2 is 2.10 bits per heavy atom. The van der Waals surface area contributed by atoms with E-state index in [4.69, 9.17) is 4.74 Å². The number of hydrogen-bond acceptors (Lipinski definition) is 4. The van der Waals surface area contributed by atoms with E-state index in [1.807, 2.05) is 30.7 Å². The third-order valence-electron chi connectivity index (χ3n) is 4.85. The van der Waals surface area contributed by atoms with E-state index in [-0.39, 0.29) is 12.6 Å². The number of aliphatic imine (C=N–C) groups is 1. The van der Waals surface area contributed by atoms with E-state index in [0.717, 1.165) is 49.6 Å². The zero-order chi connectivity index (χ0) is 22.3. The summed E-state index contributed by atoms with van der Waals surface area (Å²) >= 11 is 0. The maximum atomic E-state index is 12.2. The average Bonchev–Trinajstić information content (AvgIpc) is 3.14. The highest BCUT2D eigenvalue weighted by Crippen LogP contribution is 2.16. The van der Waals surface area contributed by atoms with Crippen molar-refractivity contribution in [1.82, 2.24) is 25.4 Å². The lowest BCUT2D eigenvalue weighted by Crippen LogP contribution is -2.47. The van der Waals surface area contributed by atoms with Crippen LogP contribution in [0.15, 0.2) is 29.3 Å². The molecule has 31 heavy (non-hydrogen) atoms. The van der Waals surface area contributed by atoms with Crippen LogP contribution < -0.4 is 10.6 Å². The third-order valence-corrected chi connectivity index (χ3v) is 4.85. The summed E-state index contributed by atoms with van der Waals surface area (Å²) < 4.78 is 43.5. The van der Waals surface area contributed by atoms with Crippen LogP contribution in [0.1, 0.15) is 43.0 Å². The Hall–Kier alpha value is -2.62. The second-order valence-electron chi connectivity index (χ2n) is 7.48. The van der Waals surface area contributed by atoms with Gasteiger partial charge in [0.1, 0.15) is 12.4 Å². The van der Waals surface area contributed by atoms with Crippen molar-refractivity contribution in [2.75, 3.05) is 13.2 Å². The van der Waals surface area contributed by atoms with Gasteiger partial charge in [0, 0.05) is 25.4 Å². The highest BCUT2D eigenvalue weighted by atomic mass is 19.4. The Kier molecular flexibility index (Phi) is 7.89. The number of benzene rings is 1. The third kappa shape index (κ3) is 7.23. The molecule has 0 bridgehead atoms. The number of hydrogen-bond donors (Lipinski definition) is 2. The molecule has 3 rings (SSSR count). The number of halogens is 3. The van der Waals surface area contributed by atoms with Gasteiger partial charge in [-0.1, -0.05) is 31.2 Å². The van der Waals surface area contributed by atoms with E-state index in [9.17, 15) is 13.2 Å². The van der Waals surface area contributed by atoms with Crippen LogP contribution >= 0.6 is 0 Å². The smallest absolute Gasteiger partial charge is 0.367 e. The van der Waals surface area contributed by atoms with Crippen LogP contribution in [0, 0.1) is 0 Å². The van der Waals surface area contributed by atoms with Gasteiger partial charge in [0.25, 0.3) is 0 Å². The van der Waals surface area contributed by atoms with E-state index in [0.29, 0.717) is 18.1 Å². The van der Waals surface area contributed by atoms with Crippen LogP contribution in [0.5, 0.6) is 0 Å². The Labute approximate surface area is 180 Å². The van der Waals surface area contributed by atoms with Crippen molar-refractivity contribution in [3.63, 3.8) is 0 Å². The fourth-order valence-corrected chi connectivity index (χ4v) is 3.41. The second-order valence-corrected chi connectivity index (χ2v) is 7.48. The molecular weight excluding hydrogens is 409 g/mol. The first-order valence-electron chi connectivity index (χ1n) is 10.6. The molecular formula is C21H29F3N6O. The number of aromatic nitrogens is 3. The first-order valence-corrected chi connectivity index (χ1v) is 10.6. The fourth-order valence-electron chi connectivity index (χ4n) is 3.41. The minimum Gasteiger partial charge on any atom is -0.367 e. The molecule has 2 N–H and O–H groups in total. The summed E-state index contributed by atoms with van der Waals surface area (Å²) in [7, 11) is 0. The van der Waals surface area contributed by atoms with Gasteiger partial charge < -0.3 is 15.4 Å². The molecule has 0 aliphatic carbocycles. The normalized spacial score (nSPS) is 16.8. The molecule has 0 saturated heterocycles. The number of ether oxygens (including phenoxy) is 1. The second kappa shape index (κ2) is 10.6. The van der Waals surface area contributed by atoms with Gasteiger partial charge in [-0.25, -0.2) is 14.7 Å². The Bertz CT molecular complexity index is 880. The van der Waals surface area contributed by atoms with Crippen molar-refractivity contribution < 1.29 is 17.9 Å². The minimum absolute atomic E-state index is 0.0859. The monoisotopic (exact) mass is 438 g/mol. The van der Waals surface area contributed by atoms with Crippen LogP contribution in [0.25, 0.3) is 0 Å². The lowest BCUT2D eigenvalue weighted by atomic mass is 10.1. The highest BCUT2D eigenvalue weighted by Gasteiger charge is 2.27. The molecule has 2 heterocycles. The molecule has 0 amide bonds. The Balaban J connectivity index is 1.58. The van der Waals surface area contributed by atoms with Gasteiger partial charge in [-0.2, -0.15) is 18.3 Å². The van der Waals surface area contributed by atoms with Crippen molar-refractivity contribution in [3.05, 3.63) is 47.0 Å². The molecule has 10 heteroatoms. The van der Waals surface area contributed by atoms with Gasteiger partial charge in [0.15, 0.2) is 11.8 Å². The topological polar surface area (TPSA) is 76.4 Å². The van der Waals surface area contributed by atoms with Crippen molar-refractivity contribution >= 4 is 5.96 Å². The molecule has 0 fully saturated rings. The molecule has 1 aromatic heterocycles. The van der Waals surface area contributed by atoms with E-state index in [2.05, 4.69) is 25.7 Å². The van der Waals surface area contributed by atoms with Gasteiger partial charge in [-0.3, -0.25) is 0 Å². The quantitative estimate of drug-likeness (QED) is 0.490. The number of nitrogens with zero attached hydrogens (tertiary/aromatic N) is 4. The molecule has 0 radical (unpaired) electrons. The van der Waals surface area contributed by atoms with Crippen molar-refractivity contribution in [1.29, 1.82) is 0 Å². The van der Waals surface area contributed by atoms with Gasteiger partial charge in [-0.05, 0) is 24.5 Å². The van der Waals surface area contributed by atoms with Crippen LogP contribution in [-0.4, -0.2) is 46.1 Å². The molecule has 0 saturated carbocycles. The SMILES string of the molecule is CCNC(=NCc1cccc(COCC(F)(F)F)c1)NC1CCc2nc(CC)nn2C1.